The smallest absolute Gasteiger partial charge is 0.272 e. The fourth-order valence-corrected chi connectivity index (χ4v) is 2.40. The van der Waals surface area contributed by atoms with Gasteiger partial charge in [-0.15, -0.1) is 0 Å². The average molecular weight is 276 g/mol. The normalized spacial score (nSPS) is 13.5. The highest BCUT2D eigenvalue weighted by Crippen LogP contribution is 2.25. The molecule has 98 valence electrons. The van der Waals surface area contributed by atoms with Crippen molar-refractivity contribution >= 4 is 28.9 Å². The second-order valence-corrected chi connectivity index (χ2v) is 5.02. The quantitative estimate of drug-likeness (QED) is 0.788. The van der Waals surface area contributed by atoms with Gasteiger partial charge in [-0.2, -0.15) is 0 Å². The number of fused-ring (bicyclic) bond motifs is 1. The molecule has 2 heterocycles. The van der Waals surface area contributed by atoms with E-state index in [1.54, 1.807) is 12.3 Å². The molecule has 1 aromatic carbocycles. The SMILES string of the molecule is O=C(Nc1ccc2c(c1)NCCC2)c1cc(Cl)c[nH]1. The van der Waals surface area contributed by atoms with Crippen LogP contribution in [0, 0.1) is 0 Å². The summed E-state index contributed by atoms with van der Waals surface area (Å²) < 4.78 is 0. The molecule has 0 radical (unpaired) electrons. The van der Waals surface area contributed by atoms with Crippen molar-refractivity contribution in [3.63, 3.8) is 0 Å². The Balaban J connectivity index is 1.78. The molecule has 0 saturated heterocycles. The number of benzene rings is 1. The first kappa shape index (κ1) is 12.1. The second-order valence-electron chi connectivity index (χ2n) is 4.59. The molecule has 0 unspecified atom stereocenters. The van der Waals surface area contributed by atoms with E-state index in [0.29, 0.717) is 10.7 Å². The zero-order chi connectivity index (χ0) is 13.2. The molecular weight excluding hydrogens is 262 g/mol. The Morgan fingerprint density at radius 1 is 1.32 bits per heavy atom. The van der Waals surface area contributed by atoms with Gasteiger partial charge in [0.15, 0.2) is 0 Å². The number of aryl methyl sites for hydroxylation is 1. The topological polar surface area (TPSA) is 56.9 Å². The third-order valence-electron chi connectivity index (χ3n) is 3.20. The van der Waals surface area contributed by atoms with Crippen molar-refractivity contribution in [2.24, 2.45) is 0 Å². The summed E-state index contributed by atoms with van der Waals surface area (Å²) in [4.78, 5) is 14.8. The van der Waals surface area contributed by atoms with Crippen LogP contribution in [0.1, 0.15) is 22.5 Å². The third kappa shape index (κ3) is 2.58. The van der Waals surface area contributed by atoms with Crippen LogP contribution in [0.2, 0.25) is 5.02 Å². The first-order valence-electron chi connectivity index (χ1n) is 6.24. The van der Waals surface area contributed by atoms with Crippen LogP contribution >= 0.6 is 11.6 Å². The Kier molecular flexibility index (Phi) is 3.17. The molecule has 1 aliphatic heterocycles. The lowest BCUT2D eigenvalue weighted by atomic mass is 10.0. The summed E-state index contributed by atoms with van der Waals surface area (Å²) >= 11 is 5.78. The molecule has 3 N–H and O–H groups in total. The number of aromatic amines is 1. The number of carbonyl (C=O) groups excluding carboxylic acids is 1. The maximum absolute atomic E-state index is 12.0. The summed E-state index contributed by atoms with van der Waals surface area (Å²) in [5.74, 6) is -0.192. The van der Waals surface area contributed by atoms with E-state index in [0.717, 1.165) is 30.8 Å². The van der Waals surface area contributed by atoms with E-state index in [1.165, 1.54) is 5.56 Å². The first-order valence-corrected chi connectivity index (χ1v) is 6.62. The largest absolute Gasteiger partial charge is 0.385 e. The van der Waals surface area contributed by atoms with Crippen LogP contribution in [0.25, 0.3) is 0 Å². The molecule has 2 aromatic rings. The standard InChI is InChI=1S/C14H14ClN3O/c15-10-6-13(17-8-10)14(19)18-11-4-3-9-2-1-5-16-12(9)7-11/h3-4,6-8,16-17H,1-2,5H2,(H,18,19). The van der Waals surface area contributed by atoms with Gasteiger partial charge < -0.3 is 15.6 Å². The molecule has 19 heavy (non-hydrogen) atoms. The van der Waals surface area contributed by atoms with Crippen molar-refractivity contribution in [2.45, 2.75) is 12.8 Å². The number of aromatic nitrogens is 1. The zero-order valence-electron chi connectivity index (χ0n) is 10.3. The molecule has 5 heteroatoms. The van der Waals surface area contributed by atoms with Crippen molar-refractivity contribution < 1.29 is 4.79 Å². The van der Waals surface area contributed by atoms with E-state index in [1.807, 2.05) is 12.1 Å². The number of hydrogen-bond acceptors (Lipinski definition) is 2. The molecule has 1 aromatic heterocycles. The molecule has 0 atom stereocenters. The highest BCUT2D eigenvalue weighted by Gasteiger charge is 2.12. The number of nitrogens with one attached hydrogen (secondary N) is 3. The summed E-state index contributed by atoms with van der Waals surface area (Å²) in [7, 11) is 0. The monoisotopic (exact) mass is 275 g/mol. The van der Waals surface area contributed by atoms with Gasteiger partial charge in [0.05, 0.1) is 5.02 Å². The van der Waals surface area contributed by atoms with Gasteiger partial charge >= 0.3 is 0 Å². The first-order chi connectivity index (χ1) is 9.22. The second kappa shape index (κ2) is 4.97. The highest BCUT2D eigenvalue weighted by molar-refractivity contribution is 6.31. The number of amides is 1. The molecule has 1 aliphatic rings. The predicted octanol–water partition coefficient (Wildman–Crippen LogP) is 3.28. The Bertz CT molecular complexity index is 621. The van der Waals surface area contributed by atoms with Crippen LogP contribution in [-0.2, 0) is 6.42 Å². The van der Waals surface area contributed by atoms with E-state index < -0.39 is 0 Å². The lowest BCUT2D eigenvalue weighted by Crippen LogP contribution is -2.15. The Hall–Kier alpha value is -1.94. The number of H-pyrrole nitrogens is 1. The fraction of sp³-hybridized carbons (Fsp3) is 0.214. The van der Waals surface area contributed by atoms with E-state index in [9.17, 15) is 4.79 Å². The number of rotatable bonds is 2. The lowest BCUT2D eigenvalue weighted by Gasteiger charge is -2.18. The van der Waals surface area contributed by atoms with Crippen molar-refractivity contribution in [2.75, 3.05) is 17.2 Å². The van der Waals surface area contributed by atoms with Gasteiger partial charge in [0, 0.05) is 24.1 Å². The van der Waals surface area contributed by atoms with Crippen LogP contribution in [-0.4, -0.2) is 17.4 Å². The predicted molar refractivity (Wildman–Crippen MR) is 77.0 cm³/mol. The summed E-state index contributed by atoms with van der Waals surface area (Å²) in [6.45, 7) is 0.983. The van der Waals surface area contributed by atoms with E-state index >= 15 is 0 Å². The number of hydrogen-bond donors (Lipinski definition) is 3. The van der Waals surface area contributed by atoms with Crippen molar-refractivity contribution in [1.29, 1.82) is 0 Å². The van der Waals surface area contributed by atoms with E-state index in [2.05, 4.69) is 21.7 Å². The van der Waals surface area contributed by atoms with Crippen LogP contribution < -0.4 is 10.6 Å². The van der Waals surface area contributed by atoms with Crippen LogP contribution in [0.4, 0.5) is 11.4 Å². The molecule has 4 nitrogen and oxygen atoms in total. The van der Waals surface area contributed by atoms with Gasteiger partial charge in [-0.3, -0.25) is 4.79 Å². The van der Waals surface area contributed by atoms with Gasteiger partial charge in [0.1, 0.15) is 5.69 Å². The number of anilines is 2. The molecular formula is C14H14ClN3O. The van der Waals surface area contributed by atoms with Gasteiger partial charge in [-0.05, 0) is 36.6 Å². The van der Waals surface area contributed by atoms with Gasteiger partial charge in [0.2, 0.25) is 0 Å². The Morgan fingerprint density at radius 2 is 2.21 bits per heavy atom. The van der Waals surface area contributed by atoms with E-state index in [4.69, 9.17) is 11.6 Å². The molecule has 1 amide bonds. The van der Waals surface area contributed by atoms with Crippen molar-refractivity contribution in [1.82, 2.24) is 4.98 Å². The number of carbonyl (C=O) groups is 1. The summed E-state index contributed by atoms with van der Waals surface area (Å²) in [6.07, 6.45) is 3.83. The summed E-state index contributed by atoms with van der Waals surface area (Å²) in [5.41, 5.74) is 3.64. The van der Waals surface area contributed by atoms with Crippen molar-refractivity contribution in [3.8, 4) is 0 Å². The van der Waals surface area contributed by atoms with Gasteiger partial charge in [0.25, 0.3) is 5.91 Å². The maximum atomic E-state index is 12.0. The van der Waals surface area contributed by atoms with Crippen molar-refractivity contribution in [3.05, 3.63) is 46.7 Å². The van der Waals surface area contributed by atoms with Gasteiger partial charge in [-0.1, -0.05) is 17.7 Å². The Morgan fingerprint density at radius 3 is 3.00 bits per heavy atom. The lowest BCUT2D eigenvalue weighted by molar-refractivity contribution is 0.102. The molecule has 3 rings (SSSR count). The van der Waals surface area contributed by atoms with E-state index in [-0.39, 0.29) is 5.91 Å². The van der Waals surface area contributed by atoms with Crippen LogP contribution in [0.5, 0.6) is 0 Å². The maximum Gasteiger partial charge on any atom is 0.272 e. The molecule has 0 spiro atoms. The fourth-order valence-electron chi connectivity index (χ4n) is 2.24. The summed E-state index contributed by atoms with van der Waals surface area (Å²) in [5, 5.41) is 6.72. The minimum Gasteiger partial charge on any atom is -0.385 e. The third-order valence-corrected chi connectivity index (χ3v) is 3.42. The van der Waals surface area contributed by atoms with Gasteiger partial charge in [-0.25, -0.2) is 0 Å². The molecule has 0 aliphatic carbocycles. The molecule has 0 fully saturated rings. The highest BCUT2D eigenvalue weighted by atomic mass is 35.5. The number of halogens is 1. The molecule has 0 bridgehead atoms. The van der Waals surface area contributed by atoms with Crippen LogP contribution in [0.15, 0.2) is 30.5 Å². The van der Waals surface area contributed by atoms with Crippen LogP contribution in [0.3, 0.4) is 0 Å². The zero-order valence-corrected chi connectivity index (χ0v) is 11.1. The summed E-state index contributed by atoms with van der Waals surface area (Å²) in [6, 6.07) is 7.55. The molecule has 0 saturated carbocycles. The minimum absolute atomic E-state index is 0.192. The Labute approximate surface area is 116 Å². The minimum atomic E-state index is -0.192. The average Bonchev–Trinajstić information content (AvgIpc) is 2.85.